The molecule has 0 aliphatic carbocycles. The molecule has 0 fully saturated rings. The highest BCUT2D eigenvalue weighted by Gasteiger charge is 2.31. The van der Waals surface area contributed by atoms with Crippen molar-refractivity contribution in [2.75, 3.05) is 38.7 Å². The largest absolute Gasteiger partial charge is 0.490 e. The van der Waals surface area contributed by atoms with Gasteiger partial charge in [0.05, 0.1) is 43.3 Å². The molecule has 4 atom stereocenters. The fourth-order valence-corrected chi connectivity index (χ4v) is 5.73. The Balaban J connectivity index is 1.58. The average molecular weight is 644 g/mol. The minimum atomic E-state index is -0.502. The molecule has 3 amide bonds. The maximum atomic E-state index is 14.3. The molecular formula is C38H49N3O6. The molecule has 1 heterocycles. The number of carbonyl (C=O) groups excluding carboxylic acids is 3. The Morgan fingerprint density at radius 2 is 1.64 bits per heavy atom. The topological polar surface area (TPSA) is 108 Å². The van der Waals surface area contributed by atoms with E-state index < -0.39 is 6.04 Å². The third kappa shape index (κ3) is 10.7. The predicted molar refractivity (Wildman–Crippen MR) is 183 cm³/mol. The highest BCUT2D eigenvalue weighted by atomic mass is 16.5. The van der Waals surface area contributed by atoms with Crippen molar-refractivity contribution in [3.63, 3.8) is 0 Å². The van der Waals surface area contributed by atoms with Gasteiger partial charge in [-0.15, -0.1) is 0 Å². The second-order valence-corrected chi connectivity index (χ2v) is 12.7. The van der Waals surface area contributed by atoms with Crippen LogP contribution in [-0.4, -0.2) is 84.2 Å². The van der Waals surface area contributed by atoms with Crippen LogP contribution in [0.15, 0.2) is 78.9 Å². The fourth-order valence-electron chi connectivity index (χ4n) is 5.73. The molecule has 0 saturated heterocycles. The monoisotopic (exact) mass is 643 g/mol. The summed E-state index contributed by atoms with van der Waals surface area (Å²) in [5.74, 6) is -0.254. The molecule has 0 aromatic heterocycles. The van der Waals surface area contributed by atoms with Gasteiger partial charge in [0.25, 0.3) is 5.91 Å². The number of nitrogens with one attached hydrogen (secondary N) is 1. The van der Waals surface area contributed by atoms with Gasteiger partial charge in [-0.25, -0.2) is 0 Å². The number of ether oxygens (including phenoxy) is 2. The van der Waals surface area contributed by atoms with E-state index in [1.165, 1.54) is 0 Å². The number of rotatable bonds is 9. The van der Waals surface area contributed by atoms with Crippen molar-refractivity contribution in [3.8, 4) is 5.75 Å². The van der Waals surface area contributed by atoms with Gasteiger partial charge in [0.15, 0.2) is 0 Å². The number of aliphatic hydroxyl groups excluding tert-OH is 1. The van der Waals surface area contributed by atoms with Crippen LogP contribution in [0.5, 0.6) is 5.75 Å². The standard InChI is InChI=1S/C38H49N3O6/c1-27-24-41(28(2)26-42)38(45)33-23-32(39-36(43)21-30-14-7-5-8-15-30)18-19-34(33)47-29(3)13-11-12-20-46-35(27)25-40(4)37(44)22-31-16-9-6-10-17-31/h5-10,14-19,23,27-29,35,42H,11-13,20-22,24-26H2,1-4H3,(H,39,43)/t27-,28-,29-,35-/m0/s1. The zero-order chi connectivity index (χ0) is 33.8. The number of nitrogens with zero attached hydrogens (tertiary/aromatic N) is 2. The van der Waals surface area contributed by atoms with Gasteiger partial charge in [-0.2, -0.15) is 0 Å². The lowest BCUT2D eigenvalue weighted by molar-refractivity contribution is -0.131. The smallest absolute Gasteiger partial charge is 0.258 e. The Kier molecular flexibility index (Phi) is 13.4. The normalized spacial score (nSPS) is 19.9. The number of aliphatic hydroxyl groups is 1. The van der Waals surface area contributed by atoms with Crippen molar-refractivity contribution >= 4 is 23.4 Å². The summed E-state index contributed by atoms with van der Waals surface area (Å²) in [5.41, 5.74) is 2.63. The maximum absolute atomic E-state index is 14.3. The van der Waals surface area contributed by atoms with Crippen LogP contribution in [0, 0.1) is 5.92 Å². The van der Waals surface area contributed by atoms with Gasteiger partial charge in [-0.05, 0) is 62.4 Å². The highest BCUT2D eigenvalue weighted by Crippen LogP contribution is 2.28. The summed E-state index contributed by atoms with van der Waals surface area (Å²) in [6.45, 7) is 6.72. The number of hydrogen-bond donors (Lipinski definition) is 2. The maximum Gasteiger partial charge on any atom is 0.258 e. The average Bonchev–Trinajstić information content (AvgIpc) is 3.06. The zero-order valence-corrected chi connectivity index (χ0v) is 28.1. The molecule has 1 aliphatic heterocycles. The minimum Gasteiger partial charge on any atom is -0.490 e. The Morgan fingerprint density at radius 3 is 2.30 bits per heavy atom. The molecule has 0 bridgehead atoms. The van der Waals surface area contributed by atoms with Crippen LogP contribution in [0.3, 0.4) is 0 Å². The van der Waals surface area contributed by atoms with E-state index in [1.807, 2.05) is 74.5 Å². The summed E-state index contributed by atoms with van der Waals surface area (Å²) in [4.78, 5) is 43.7. The Morgan fingerprint density at radius 1 is 0.979 bits per heavy atom. The molecule has 9 nitrogen and oxygen atoms in total. The number of amides is 3. The van der Waals surface area contributed by atoms with E-state index in [0.717, 1.165) is 30.4 Å². The molecule has 47 heavy (non-hydrogen) atoms. The van der Waals surface area contributed by atoms with Crippen LogP contribution < -0.4 is 10.1 Å². The van der Waals surface area contributed by atoms with Gasteiger partial charge in [0, 0.05) is 38.3 Å². The van der Waals surface area contributed by atoms with Crippen molar-refractivity contribution in [2.24, 2.45) is 5.92 Å². The lowest BCUT2D eigenvalue weighted by Crippen LogP contribution is -2.48. The summed E-state index contributed by atoms with van der Waals surface area (Å²) in [6, 6.07) is 23.8. The number of benzene rings is 3. The number of hydrogen-bond acceptors (Lipinski definition) is 6. The van der Waals surface area contributed by atoms with Crippen molar-refractivity contribution in [2.45, 2.75) is 71.1 Å². The van der Waals surface area contributed by atoms with Gasteiger partial charge in [-0.1, -0.05) is 67.6 Å². The fraction of sp³-hybridized carbons (Fsp3) is 0.447. The molecule has 1 aliphatic rings. The van der Waals surface area contributed by atoms with Crippen LogP contribution in [0.1, 0.15) is 61.5 Å². The summed E-state index contributed by atoms with van der Waals surface area (Å²) in [6.07, 6.45) is 2.46. The van der Waals surface area contributed by atoms with Crippen molar-refractivity contribution in [3.05, 3.63) is 95.6 Å². The van der Waals surface area contributed by atoms with Crippen LogP contribution in [0.2, 0.25) is 0 Å². The zero-order valence-electron chi connectivity index (χ0n) is 28.1. The van der Waals surface area contributed by atoms with E-state index in [4.69, 9.17) is 9.47 Å². The molecule has 0 radical (unpaired) electrons. The van der Waals surface area contributed by atoms with E-state index in [9.17, 15) is 19.5 Å². The minimum absolute atomic E-state index is 0.00944. The molecule has 3 aromatic carbocycles. The predicted octanol–water partition coefficient (Wildman–Crippen LogP) is 5.36. The molecule has 0 saturated carbocycles. The first-order valence-electron chi connectivity index (χ1n) is 16.6. The summed E-state index contributed by atoms with van der Waals surface area (Å²) >= 11 is 0. The molecule has 3 aromatic rings. The Labute approximate surface area is 278 Å². The quantitative estimate of drug-likeness (QED) is 0.325. The van der Waals surface area contributed by atoms with Crippen molar-refractivity contribution < 1.29 is 29.0 Å². The second kappa shape index (κ2) is 17.6. The number of anilines is 1. The SMILES string of the molecule is C[C@H]1CCCCO[C@@H](CN(C)C(=O)Cc2ccccc2)[C@@H](C)CN([C@@H](C)CO)C(=O)c2cc(NC(=O)Cc3ccccc3)ccc2O1. The van der Waals surface area contributed by atoms with Crippen molar-refractivity contribution in [1.29, 1.82) is 0 Å². The number of carbonyl (C=O) groups is 3. The molecule has 0 spiro atoms. The van der Waals surface area contributed by atoms with Gasteiger partial charge in [0.1, 0.15) is 5.75 Å². The molecule has 252 valence electrons. The second-order valence-electron chi connectivity index (χ2n) is 12.7. The molecule has 0 unspecified atom stereocenters. The summed E-state index contributed by atoms with van der Waals surface area (Å²) in [7, 11) is 1.79. The third-order valence-corrected chi connectivity index (χ3v) is 8.62. The van der Waals surface area contributed by atoms with Gasteiger partial charge >= 0.3 is 0 Å². The molecule has 4 rings (SSSR count). The van der Waals surface area contributed by atoms with Crippen LogP contribution >= 0.6 is 0 Å². The van der Waals surface area contributed by atoms with Crippen LogP contribution in [0.25, 0.3) is 0 Å². The van der Waals surface area contributed by atoms with Crippen LogP contribution in [0.4, 0.5) is 5.69 Å². The summed E-state index contributed by atoms with van der Waals surface area (Å²) < 4.78 is 12.7. The first-order valence-corrected chi connectivity index (χ1v) is 16.6. The Hall–Kier alpha value is -4.21. The van der Waals surface area contributed by atoms with E-state index in [1.54, 1.807) is 42.0 Å². The number of likely N-dealkylation sites (N-methyl/N-ethyl adjacent to an activating group) is 1. The summed E-state index contributed by atoms with van der Waals surface area (Å²) in [5, 5.41) is 13.2. The third-order valence-electron chi connectivity index (χ3n) is 8.62. The highest BCUT2D eigenvalue weighted by molar-refractivity contribution is 6.00. The van der Waals surface area contributed by atoms with Gasteiger partial charge < -0.3 is 29.7 Å². The van der Waals surface area contributed by atoms with E-state index in [2.05, 4.69) is 5.32 Å². The first kappa shape index (κ1) is 35.6. The van der Waals surface area contributed by atoms with E-state index >= 15 is 0 Å². The van der Waals surface area contributed by atoms with Crippen molar-refractivity contribution in [1.82, 2.24) is 9.80 Å². The van der Waals surface area contributed by atoms with E-state index in [0.29, 0.717) is 36.6 Å². The van der Waals surface area contributed by atoms with Crippen LogP contribution in [-0.2, 0) is 27.2 Å². The van der Waals surface area contributed by atoms with Gasteiger partial charge in [0.2, 0.25) is 11.8 Å². The lowest BCUT2D eigenvalue weighted by atomic mass is 10.0. The molecule has 9 heteroatoms. The Bertz CT molecular complexity index is 1450. The van der Waals surface area contributed by atoms with Gasteiger partial charge in [-0.3, -0.25) is 14.4 Å². The number of fused-ring (bicyclic) bond motifs is 1. The molecular weight excluding hydrogens is 594 g/mol. The lowest BCUT2D eigenvalue weighted by Gasteiger charge is -2.36. The first-order chi connectivity index (χ1) is 22.6. The molecule has 2 N–H and O–H groups in total. The van der Waals surface area contributed by atoms with E-state index in [-0.39, 0.29) is 55.4 Å².